The number of benzene rings is 1. The Hall–Kier alpha value is -1.59. The van der Waals surface area contributed by atoms with E-state index in [4.69, 9.17) is 16.7 Å². The number of carboxylic acid groups (broad SMARTS) is 1. The van der Waals surface area contributed by atoms with Gasteiger partial charge in [-0.2, -0.15) is 0 Å². The summed E-state index contributed by atoms with van der Waals surface area (Å²) < 4.78 is 0. The van der Waals surface area contributed by atoms with Crippen molar-refractivity contribution in [2.45, 2.75) is 6.42 Å². The van der Waals surface area contributed by atoms with Gasteiger partial charge < -0.3 is 15.3 Å². The molecule has 0 aliphatic heterocycles. The van der Waals surface area contributed by atoms with Gasteiger partial charge in [0.2, 0.25) is 5.91 Å². The summed E-state index contributed by atoms with van der Waals surface area (Å²) in [5.41, 5.74) is 0.511. The Morgan fingerprint density at radius 3 is 2.56 bits per heavy atom. The molecule has 0 fully saturated rings. The van der Waals surface area contributed by atoms with Crippen LogP contribution in [0.25, 0.3) is 0 Å². The Bertz CT molecular complexity index is 461. The Morgan fingerprint density at radius 1 is 1.39 bits per heavy atom. The molecule has 0 atom stereocenters. The number of anilines is 1. The lowest BCUT2D eigenvalue weighted by Crippen LogP contribution is -2.20. The van der Waals surface area contributed by atoms with Crippen LogP contribution in [0.3, 0.4) is 0 Å². The molecule has 0 aromatic heterocycles. The number of amides is 1. The molecule has 0 heterocycles. The van der Waals surface area contributed by atoms with Crippen LogP contribution in [-0.4, -0.2) is 42.5 Å². The molecule has 5 nitrogen and oxygen atoms in total. The summed E-state index contributed by atoms with van der Waals surface area (Å²) in [5.74, 6) is -1.21. The first-order valence-corrected chi connectivity index (χ1v) is 5.75. The van der Waals surface area contributed by atoms with E-state index in [1.165, 1.54) is 18.2 Å². The van der Waals surface area contributed by atoms with Crippen molar-refractivity contribution >= 4 is 29.2 Å². The first-order valence-electron chi connectivity index (χ1n) is 5.37. The van der Waals surface area contributed by atoms with Crippen LogP contribution in [0.1, 0.15) is 16.8 Å². The third-order valence-corrected chi connectivity index (χ3v) is 2.59. The van der Waals surface area contributed by atoms with Crippen molar-refractivity contribution < 1.29 is 14.7 Å². The van der Waals surface area contributed by atoms with E-state index < -0.39 is 5.97 Å². The molecular weight excluding hydrogens is 256 g/mol. The van der Waals surface area contributed by atoms with Crippen LogP contribution in [0, 0.1) is 0 Å². The number of nitrogens with zero attached hydrogens (tertiary/aromatic N) is 1. The lowest BCUT2D eigenvalue weighted by Gasteiger charge is -2.10. The zero-order valence-corrected chi connectivity index (χ0v) is 11.0. The second kappa shape index (κ2) is 6.37. The number of nitrogens with one attached hydrogen (secondary N) is 1. The van der Waals surface area contributed by atoms with Crippen molar-refractivity contribution in [3.63, 3.8) is 0 Å². The smallest absolute Gasteiger partial charge is 0.335 e. The first kappa shape index (κ1) is 14.5. The van der Waals surface area contributed by atoms with Gasteiger partial charge in [-0.3, -0.25) is 4.79 Å². The van der Waals surface area contributed by atoms with Gasteiger partial charge in [-0.25, -0.2) is 4.79 Å². The number of halogens is 1. The van der Waals surface area contributed by atoms with E-state index in [2.05, 4.69) is 5.32 Å². The topological polar surface area (TPSA) is 69.6 Å². The highest BCUT2D eigenvalue weighted by Crippen LogP contribution is 2.23. The standard InChI is InChI=1S/C12H15ClN2O3/c1-15(2)6-5-11(16)14-10-4-3-8(12(17)18)7-9(10)13/h3-4,7H,5-6H2,1-2H3,(H,14,16)(H,17,18). The third-order valence-electron chi connectivity index (χ3n) is 2.28. The second-order valence-corrected chi connectivity index (χ2v) is 4.51. The molecule has 2 N–H and O–H groups in total. The molecule has 6 heteroatoms. The van der Waals surface area contributed by atoms with Crippen LogP contribution in [0.15, 0.2) is 18.2 Å². The van der Waals surface area contributed by atoms with Gasteiger partial charge in [-0.05, 0) is 32.3 Å². The van der Waals surface area contributed by atoms with E-state index >= 15 is 0 Å². The summed E-state index contributed by atoms with van der Waals surface area (Å²) in [4.78, 5) is 24.2. The first-order chi connectivity index (χ1) is 8.40. The summed E-state index contributed by atoms with van der Waals surface area (Å²) in [6, 6.07) is 4.20. The molecule has 1 rings (SSSR count). The molecule has 18 heavy (non-hydrogen) atoms. The molecule has 1 aromatic carbocycles. The summed E-state index contributed by atoms with van der Waals surface area (Å²) in [6.07, 6.45) is 0.351. The van der Waals surface area contributed by atoms with E-state index in [0.29, 0.717) is 18.7 Å². The van der Waals surface area contributed by atoms with Crippen molar-refractivity contribution in [1.82, 2.24) is 4.90 Å². The predicted molar refractivity (Wildman–Crippen MR) is 70.2 cm³/mol. The molecular formula is C12H15ClN2O3. The van der Waals surface area contributed by atoms with E-state index in [9.17, 15) is 9.59 Å². The third kappa shape index (κ3) is 4.35. The molecule has 0 saturated heterocycles. The van der Waals surface area contributed by atoms with Crippen LogP contribution in [0.5, 0.6) is 0 Å². The molecule has 0 bridgehead atoms. The van der Waals surface area contributed by atoms with E-state index in [1.54, 1.807) is 0 Å². The maximum atomic E-state index is 11.6. The minimum Gasteiger partial charge on any atom is -0.478 e. The van der Waals surface area contributed by atoms with Crippen molar-refractivity contribution in [3.05, 3.63) is 28.8 Å². The normalized spacial score (nSPS) is 10.4. The van der Waals surface area contributed by atoms with Crippen molar-refractivity contribution in [2.24, 2.45) is 0 Å². The highest BCUT2D eigenvalue weighted by molar-refractivity contribution is 6.34. The quantitative estimate of drug-likeness (QED) is 0.858. The molecule has 1 aromatic rings. The van der Waals surface area contributed by atoms with Crippen molar-refractivity contribution in [1.29, 1.82) is 0 Å². The number of aromatic carboxylic acids is 1. The fourth-order valence-electron chi connectivity index (χ4n) is 1.29. The molecule has 0 aliphatic carbocycles. The summed E-state index contributed by atoms with van der Waals surface area (Å²) >= 11 is 5.89. The van der Waals surface area contributed by atoms with Gasteiger partial charge in [0.1, 0.15) is 0 Å². The summed E-state index contributed by atoms with van der Waals surface area (Å²) in [5, 5.41) is 11.6. The van der Waals surface area contributed by atoms with Gasteiger partial charge in [-0.15, -0.1) is 0 Å². The van der Waals surface area contributed by atoms with Crippen LogP contribution < -0.4 is 5.32 Å². The fourth-order valence-corrected chi connectivity index (χ4v) is 1.52. The average Bonchev–Trinajstić information content (AvgIpc) is 2.29. The number of rotatable bonds is 5. The predicted octanol–water partition coefficient (Wildman–Crippen LogP) is 1.93. The maximum Gasteiger partial charge on any atom is 0.335 e. The Labute approximate surface area is 110 Å². The number of carbonyl (C=O) groups is 2. The van der Waals surface area contributed by atoms with Crippen LogP contribution in [0.4, 0.5) is 5.69 Å². The van der Waals surface area contributed by atoms with Crippen molar-refractivity contribution in [3.8, 4) is 0 Å². The molecule has 1 amide bonds. The van der Waals surface area contributed by atoms with Crippen LogP contribution in [0.2, 0.25) is 5.02 Å². The molecule has 0 saturated carbocycles. The minimum atomic E-state index is -1.05. The Kier molecular flexibility index (Phi) is 5.12. The highest BCUT2D eigenvalue weighted by Gasteiger charge is 2.09. The van der Waals surface area contributed by atoms with Gasteiger partial charge in [0.25, 0.3) is 0 Å². The molecule has 0 aliphatic rings. The van der Waals surface area contributed by atoms with Crippen LogP contribution in [-0.2, 0) is 4.79 Å². The Balaban J connectivity index is 2.68. The minimum absolute atomic E-state index is 0.0892. The summed E-state index contributed by atoms with van der Waals surface area (Å²) in [6.45, 7) is 0.636. The average molecular weight is 271 g/mol. The SMILES string of the molecule is CN(C)CCC(=O)Nc1ccc(C(=O)O)cc1Cl. The second-order valence-electron chi connectivity index (χ2n) is 4.10. The molecule has 0 radical (unpaired) electrons. The van der Waals surface area contributed by atoms with Crippen LogP contribution >= 0.6 is 11.6 Å². The number of carbonyl (C=O) groups excluding carboxylic acids is 1. The number of hydrogen-bond acceptors (Lipinski definition) is 3. The van der Waals surface area contributed by atoms with Gasteiger partial charge in [-0.1, -0.05) is 11.6 Å². The fraction of sp³-hybridized carbons (Fsp3) is 0.333. The molecule has 0 spiro atoms. The Morgan fingerprint density at radius 2 is 2.06 bits per heavy atom. The number of hydrogen-bond donors (Lipinski definition) is 2. The van der Waals surface area contributed by atoms with Crippen molar-refractivity contribution in [2.75, 3.05) is 26.0 Å². The monoisotopic (exact) mass is 270 g/mol. The van der Waals surface area contributed by atoms with Gasteiger partial charge in [0.05, 0.1) is 16.3 Å². The largest absolute Gasteiger partial charge is 0.478 e. The zero-order chi connectivity index (χ0) is 13.7. The summed E-state index contributed by atoms with van der Waals surface area (Å²) in [7, 11) is 3.75. The van der Waals surface area contributed by atoms with E-state index in [0.717, 1.165) is 0 Å². The van der Waals surface area contributed by atoms with Gasteiger partial charge in [0.15, 0.2) is 0 Å². The highest BCUT2D eigenvalue weighted by atomic mass is 35.5. The van der Waals surface area contributed by atoms with Gasteiger partial charge in [0, 0.05) is 13.0 Å². The van der Waals surface area contributed by atoms with E-state index in [1.807, 2.05) is 19.0 Å². The number of carboxylic acids is 1. The molecule has 0 unspecified atom stereocenters. The van der Waals surface area contributed by atoms with E-state index in [-0.39, 0.29) is 16.5 Å². The lowest BCUT2D eigenvalue weighted by molar-refractivity contribution is -0.116. The van der Waals surface area contributed by atoms with Gasteiger partial charge >= 0.3 is 5.97 Å². The zero-order valence-electron chi connectivity index (χ0n) is 10.2. The maximum absolute atomic E-state index is 11.6. The molecule has 98 valence electrons. The lowest BCUT2D eigenvalue weighted by atomic mass is 10.2.